The van der Waals surface area contributed by atoms with Gasteiger partial charge in [-0.1, -0.05) is 6.07 Å². The minimum atomic E-state index is -4.55. The maximum absolute atomic E-state index is 12.9. The topological polar surface area (TPSA) is 63.4 Å². The summed E-state index contributed by atoms with van der Waals surface area (Å²) in [4.78, 5) is 0. The van der Waals surface area contributed by atoms with Gasteiger partial charge >= 0.3 is 6.18 Å². The maximum atomic E-state index is 12.9. The lowest BCUT2D eigenvalue weighted by Gasteiger charge is -2.18. The first kappa shape index (κ1) is 14.1. The standard InChI is InChI=1S/C11H13F3N2O2S/c12-11(13,14)10-6-9(15)3-2-8(10)7-16-4-1-5-19(16,17)18/h2-3,6H,1,4-5,7,15H2. The zero-order valence-electron chi connectivity index (χ0n) is 9.94. The number of hydrogen-bond acceptors (Lipinski definition) is 3. The Bertz CT molecular complexity index is 584. The summed E-state index contributed by atoms with van der Waals surface area (Å²) in [5, 5.41) is 0. The second-order valence-electron chi connectivity index (χ2n) is 4.42. The summed E-state index contributed by atoms with van der Waals surface area (Å²) in [6.45, 7) is -0.0124. The Morgan fingerprint density at radius 2 is 2.00 bits per heavy atom. The van der Waals surface area contributed by atoms with Gasteiger partial charge in [0, 0.05) is 18.8 Å². The fourth-order valence-electron chi connectivity index (χ4n) is 2.05. The molecule has 0 unspecified atom stereocenters. The first-order valence-corrected chi connectivity index (χ1v) is 7.24. The molecule has 1 fully saturated rings. The van der Waals surface area contributed by atoms with Crippen molar-refractivity contribution in [2.24, 2.45) is 0 Å². The third-order valence-corrected chi connectivity index (χ3v) is 4.89. The molecule has 8 heteroatoms. The van der Waals surface area contributed by atoms with Crippen molar-refractivity contribution in [3.05, 3.63) is 29.3 Å². The van der Waals surface area contributed by atoms with E-state index in [-0.39, 0.29) is 30.1 Å². The van der Waals surface area contributed by atoms with Gasteiger partial charge in [0.25, 0.3) is 0 Å². The van der Waals surface area contributed by atoms with Crippen LogP contribution in [0, 0.1) is 0 Å². The third-order valence-electron chi connectivity index (χ3n) is 2.99. The van der Waals surface area contributed by atoms with E-state index in [2.05, 4.69) is 0 Å². The van der Waals surface area contributed by atoms with E-state index in [9.17, 15) is 21.6 Å². The van der Waals surface area contributed by atoms with E-state index in [0.29, 0.717) is 6.42 Å². The largest absolute Gasteiger partial charge is 0.416 e. The van der Waals surface area contributed by atoms with Crippen LogP contribution in [-0.4, -0.2) is 25.0 Å². The lowest BCUT2D eigenvalue weighted by atomic mass is 10.1. The predicted molar refractivity (Wildman–Crippen MR) is 64.7 cm³/mol. The van der Waals surface area contributed by atoms with Crippen LogP contribution in [0.15, 0.2) is 18.2 Å². The summed E-state index contributed by atoms with van der Waals surface area (Å²) < 4.78 is 62.9. The Morgan fingerprint density at radius 3 is 2.53 bits per heavy atom. The number of anilines is 1. The molecule has 4 nitrogen and oxygen atoms in total. The molecular weight excluding hydrogens is 281 g/mol. The molecule has 1 heterocycles. The van der Waals surface area contributed by atoms with Crippen molar-refractivity contribution in [2.45, 2.75) is 19.1 Å². The SMILES string of the molecule is Nc1ccc(CN2CCCS2(=O)=O)c(C(F)(F)F)c1. The Labute approximate surface area is 109 Å². The molecule has 1 aliphatic rings. The summed E-state index contributed by atoms with van der Waals surface area (Å²) in [5.41, 5.74) is 4.40. The van der Waals surface area contributed by atoms with Crippen LogP contribution in [0.3, 0.4) is 0 Å². The van der Waals surface area contributed by atoms with E-state index in [1.165, 1.54) is 12.1 Å². The van der Waals surface area contributed by atoms with Gasteiger partial charge in [0.1, 0.15) is 0 Å². The number of alkyl halides is 3. The summed E-state index contributed by atoms with van der Waals surface area (Å²) in [6, 6.07) is 3.40. The molecule has 0 spiro atoms. The molecule has 2 N–H and O–H groups in total. The highest BCUT2D eigenvalue weighted by molar-refractivity contribution is 7.89. The van der Waals surface area contributed by atoms with Crippen molar-refractivity contribution in [1.29, 1.82) is 0 Å². The number of rotatable bonds is 2. The van der Waals surface area contributed by atoms with Gasteiger partial charge in [-0.05, 0) is 24.1 Å². The smallest absolute Gasteiger partial charge is 0.399 e. The molecule has 0 atom stereocenters. The number of nitrogens with two attached hydrogens (primary N) is 1. The van der Waals surface area contributed by atoms with E-state index in [1.54, 1.807) is 0 Å². The first-order valence-electron chi connectivity index (χ1n) is 5.63. The monoisotopic (exact) mass is 294 g/mol. The summed E-state index contributed by atoms with van der Waals surface area (Å²) in [7, 11) is -3.42. The predicted octanol–water partition coefficient (Wildman–Crippen LogP) is 1.82. The lowest BCUT2D eigenvalue weighted by molar-refractivity contribution is -0.138. The second kappa shape index (κ2) is 4.68. The number of benzene rings is 1. The van der Waals surface area contributed by atoms with Gasteiger partial charge in [0.05, 0.1) is 11.3 Å². The molecule has 0 aromatic heterocycles. The minimum Gasteiger partial charge on any atom is -0.399 e. The van der Waals surface area contributed by atoms with Gasteiger partial charge in [-0.25, -0.2) is 8.42 Å². The summed E-state index contributed by atoms with van der Waals surface area (Å²) in [5.74, 6) is -0.0106. The molecule has 0 saturated carbocycles. The molecule has 1 aromatic rings. The molecule has 0 radical (unpaired) electrons. The van der Waals surface area contributed by atoms with Gasteiger partial charge < -0.3 is 5.73 Å². The normalized spacial score (nSPS) is 19.7. The van der Waals surface area contributed by atoms with Crippen molar-refractivity contribution in [1.82, 2.24) is 4.31 Å². The van der Waals surface area contributed by atoms with Crippen LogP contribution in [-0.2, 0) is 22.7 Å². The van der Waals surface area contributed by atoms with Crippen molar-refractivity contribution >= 4 is 15.7 Å². The Morgan fingerprint density at radius 1 is 1.32 bits per heavy atom. The van der Waals surface area contributed by atoms with Gasteiger partial charge in [0.2, 0.25) is 10.0 Å². The first-order chi connectivity index (χ1) is 8.70. The molecule has 1 aromatic carbocycles. The van der Waals surface area contributed by atoms with E-state index in [1.807, 2.05) is 0 Å². The molecule has 0 aliphatic carbocycles. The zero-order valence-corrected chi connectivity index (χ0v) is 10.8. The van der Waals surface area contributed by atoms with Crippen LogP contribution in [0.1, 0.15) is 17.5 Å². The van der Waals surface area contributed by atoms with Crippen molar-refractivity contribution < 1.29 is 21.6 Å². The molecule has 2 rings (SSSR count). The lowest BCUT2D eigenvalue weighted by Crippen LogP contribution is -2.26. The fraction of sp³-hybridized carbons (Fsp3) is 0.455. The van der Waals surface area contributed by atoms with Crippen LogP contribution in [0.2, 0.25) is 0 Å². The quantitative estimate of drug-likeness (QED) is 0.846. The molecule has 1 aliphatic heterocycles. The van der Waals surface area contributed by atoms with Gasteiger partial charge in [-0.3, -0.25) is 0 Å². The van der Waals surface area contributed by atoms with Crippen LogP contribution >= 0.6 is 0 Å². The van der Waals surface area contributed by atoms with Gasteiger partial charge in [-0.15, -0.1) is 0 Å². The van der Waals surface area contributed by atoms with Crippen molar-refractivity contribution in [2.75, 3.05) is 18.0 Å². The average Bonchev–Trinajstić information content (AvgIpc) is 2.59. The molecular formula is C11H13F3N2O2S. The van der Waals surface area contributed by atoms with Crippen molar-refractivity contribution in [3.8, 4) is 0 Å². The molecule has 0 amide bonds. The van der Waals surface area contributed by atoms with Gasteiger partial charge in [-0.2, -0.15) is 17.5 Å². The Hall–Kier alpha value is -1.28. The van der Waals surface area contributed by atoms with Crippen LogP contribution in [0.4, 0.5) is 18.9 Å². The van der Waals surface area contributed by atoms with E-state index < -0.39 is 21.8 Å². The zero-order chi connectivity index (χ0) is 14.3. The molecule has 19 heavy (non-hydrogen) atoms. The third kappa shape index (κ3) is 3.01. The number of sulfonamides is 1. The second-order valence-corrected chi connectivity index (χ2v) is 6.51. The number of nitrogens with zero attached hydrogens (tertiary/aromatic N) is 1. The Kier molecular flexibility index (Phi) is 3.48. The number of nitrogen functional groups attached to an aromatic ring is 1. The minimum absolute atomic E-state index is 0.000328. The van der Waals surface area contributed by atoms with Crippen molar-refractivity contribution in [3.63, 3.8) is 0 Å². The van der Waals surface area contributed by atoms with Crippen LogP contribution < -0.4 is 5.73 Å². The average molecular weight is 294 g/mol. The highest BCUT2D eigenvalue weighted by Crippen LogP contribution is 2.34. The van der Waals surface area contributed by atoms with E-state index in [4.69, 9.17) is 5.73 Å². The Balaban J connectivity index is 2.36. The molecule has 0 bridgehead atoms. The van der Waals surface area contributed by atoms with Crippen LogP contribution in [0.25, 0.3) is 0 Å². The highest BCUT2D eigenvalue weighted by Gasteiger charge is 2.36. The molecule has 106 valence electrons. The highest BCUT2D eigenvalue weighted by atomic mass is 32.2. The van der Waals surface area contributed by atoms with E-state index >= 15 is 0 Å². The summed E-state index contributed by atoms with van der Waals surface area (Å²) >= 11 is 0. The maximum Gasteiger partial charge on any atom is 0.416 e. The number of hydrogen-bond donors (Lipinski definition) is 1. The number of halogens is 3. The summed E-state index contributed by atoms with van der Waals surface area (Å²) in [6.07, 6.45) is -4.10. The van der Waals surface area contributed by atoms with Gasteiger partial charge in [0.15, 0.2) is 0 Å². The van der Waals surface area contributed by atoms with Crippen LogP contribution in [0.5, 0.6) is 0 Å². The van der Waals surface area contributed by atoms with E-state index in [0.717, 1.165) is 10.4 Å². The molecule has 1 saturated heterocycles. The fourth-order valence-corrected chi connectivity index (χ4v) is 3.55.